The van der Waals surface area contributed by atoms with E-state index in [-0.39, 0.29) is 0 Å². The first kappa shape index (κ1) is 27.0. The molecule has 0 saturated carbocycles. The maximum absolute atomic E-state index is 11.9. The smallest absolute Gasteiger partial charge is 0.303 e. The van der Waals surface area contributed by atoms with Gasteiger partial charge in [0.05, 0.1) is 0 Å². The number of para-hydroxylation sites is 1. The van der Waals surface area contributed by atoms with E-state index in [9.17, 15) is 14.4 Å². The summed E-state index contributed by atoms with van der Waals surface area (Å²) in [4.78, 5) is 35.1. The number of carbonyl (C=O) groups excluding carboxylic acids is 3. The molecule has 2 rings (SSSR count). The van der Waals surface area contributed by atoms with Gasteiger partial charge in [-0.3, -0.25) is 19.8 Å². The first-order chi connectivity index (χ1) is 15.4. The molecule has 1 N–H and O–H groups in total. The quantitative estimate of drug-likeness (QED) is 0.187. The summed E-state index contributed by atoms with van der Waals surface area (Å²) in [6, 6.07) is 8.33. The molecule has 0 spiro atoms. The summed E-state index contributed by atoms with van der Waals surface area (Å²) in [6.07, 6.45) is -6.53. The number of nitrogens with one attached hydrogen (secondary N) is 1. The van der Waals surface area contributed by atoms with E-state index in [2.05, 4.69) is 0 Å². The summed E-state index contributed by atoms with van der Waals surface area (Å²) in [5.41, 5.74) is 0. The van der Waals surface area contributed by atoms with E-state index in [1.165, 1.54) is 6.92 Å². The van der Waals surface area contributed by atoms with Gasteiger partial charge in [0.2, 0.25) is 18.3 Å². The third-order valence-electron chi connectivity index (χ3n) is 4.15. The van der Waals surface area contributed by atoms with E-state index in [0.29, 0.717) is 5.75 Å². The van der Waals surface area contributed by atoms with Crippen LogP contribution in [0.2, 0.25) is 0 Å². The van der Waals surface area contributed by atoms with Crippen molar-refractivity contribution in [1.82, 2.24) is 0 Å². The Morgan fingerprint density at radius 3 is 2.00 bits per heavy atom. The molecule has 1 aliphatic rings. The molecule has 0 aromatic heterocycles. The Balaban J connectivity index is 2.49. The number of alkyl halides is 3. The first-order valence-corrected chi connectivity index (χ1v) is 10.7. The van der Waals surface area contributed by atoms with Crippen molar-refractivity contribution >= 4 is 58.6 Å². The number of rotatable bonds is 7. The van der Waals surface area contributed by atoms with Crippen molar-refractivity contribution in [3.8, 4) is 5.75 Å². The lowest BCUT2D eigenvalue weighted by molar-refractivity contribution is -0.283. The zero-order valence-electron chi connectivity index (χ0n) is 17.8. The zero-order valence-corrected chi connectivity index (χ0v) is 20.1. The van der Waals surface area contributed by atoms with Gasteiger partial charge in [0.25, 0.3) is 3.79 Å². The van der Waals surface area contributed by atoms with Crippen molar-refractivity contribution < 1.29 is 42.8 Å². The van der Waals surface area contributed by atoms with Crippen LogP contribution in [0.15, 0.2) is 30.3 Å². The molecule has 2 unspecified atom stereocenters. The number of ether oxygens (including phenoxy) is 6. The molecule has 5 atom stereocenters. The van der Waals surface area contributed by atoms with Crippen molar-refractivity contribution in [3.05, 3.63) is 30.3 Å². The molecule has 1 aromatic carbocycles. The minimum absolute atomic E-state index is 0.317. The Hall–Kier alpha value is -2.27. The molecule has 0 radical (unpaired) electrons. The highest BCUT2D eigenvalue weighted by Crippen LogP contribution is 2.34. The summed E-state index contributed by atoms with van der Waals surface area (Å²) < 4.78 is 30.6. The minimum atomic E-state index is -2.24. The van der Waals surface area contributed by atoms with Crippen LogP contribution in [-0.2, 0) is 38.1 Å². The lowest BCUT2D eigenvalue weighted by Crippen LogP contribution is -2.64. The Bertz CT molecular complexity index is 862. The molecule has 1 aliphatic heterocycles. The Labute approximate surface area is 204 Å². The molecule has 0 amide bonds. The fraction of sp³-hybridized carbons (Fsp3) is 0.500. The highest BCUT2D eigenvalue weighted by Gasteiger charge is 2.54. The van der Waals surface area contributed by atoms with Crippen molar-refractivity contribution in [3.63, 3.8) is 0 Å². The molecule has 0 bridgehead atoms. The highest BCUT2D eigenvalue weighted by molar-refractivity contribution is 6.76. The Morgan fingerprint density at radius 1 is 0.909 bits per heavy atom. The Morgan fingerprint density at radius 2 is 1.48 bits per heavy atom. The zero-order chi connectivity index (χ0) is 24.8. The van der Waals surface area contributed by atoms with E-state index in [1.807, 2.05) is 0 Å². The predicted molar refractivity (Wildman–Crippen MR) is 116 cm³/mol. The molecule has 33 heavy (non-hydrogen) atoms. The van der Waals surface area contributed by atoms with Gasteiger partial charge in [-0.1, -0.05) is 53.0 Å². The van der Waals surface area contributed by atoms with Gasteiger partial charge in [-0.15, -0.1) is 0 Å². The molecule has 10 nitrogen and oxygen atoms in total. The van der Waals surface area contributed by atoms with Gasteiger partial charge >= 0.3 is 17.9 Å². The molecule has 0 aliphatic carbocycles. The molecule has 1 heterocycles. The third-order valence-corrected chi connectivity index (χ3v) is 4.67. The second-order valence-corrected chi connectivity index (χ2v) is 9.12. The lowest BCUT2D eigenvalue weighted by Gasteiger charge is -2.44. The van der Waals surface area contributed by atoms with Crippen LogP contribution in [0.25, 0.3) is 0 Å². The number of benzene rings is 1. The summed E-state index contributed by atoms with van der Waals surface area (Å²) >= 11 is 17.2. The van der Waals surface area contributed by atoms with Crippen LogP contribution in [0, 0.1) is 5.41 Å². The molecule has 1 saturated heterocycles. The first-order valence-electron chi connectivity index (χ1n) is 9.56. The van der Waals surface area contributed by atoms with Crippen LogP contribution in [0.5, 0.6) is 5.75 Å². The van der Waals surface area contributed by atoms with Crippen molar-refractivity contribution in [1.29, 1.82) is 5.41 Å². The maximum Gasteiger partial charge on any atom is 0.303 e. The van der Waals surface area contributed by atoms with Gasteiger partial charge in [0.1, 0.15) is 18.5 Å². The highest BCUT2D eigenvalue weighted by atomic mass is 35.6. The Kier molecular flexibility index (Phi) is 9.59. The lowest BCUT2D eigenvalue weighted by atomic mass is 9.98. The summed E-state index contributed by atoms with van der Waals surface area (Å²) in [7, 11) is 0. The number of halogens is 3. The largest absolute Gasteiger partial charge is 0.480 e. The standard InChI is InChI=1S/C20H22Cl3NO9/c1-10(25)28-9-14-15(29-11(2)26)16(30-12(3)27)17(31-13-7-5-4-6-8-13)18(32-14)33-19(24)20(21,22)23/h4-8,14-18,24H,9H2,1-3H3/t14?,15-,16-,17?,18+/m0/s1. The fourth-order valence-corrected chi connectivity index (χ4v) is 3.06. The van der Waals surface area contributed by atoms with E-state index in [4.69, 9.17) is 68.6 Å². The van der Waals surface area contributed by atoms with Gasteiger partial charge in [-0.2, -0.15) is 0 Å². The van der Waals surface area contributed by atoms with Crippen LogP contribution in [0.4, 0.5) is 0 Å². The van der Waals surface area contributed by atoms with E-state index < -0.39 is 64.9 Å². The molecular formula is C20H22Cl3NO9. The van der Waals surface area contributed by atoms with E-state index in [0.717, 1.165) is 13.8 Å². The van der Waals surface area contributed by atoms with Gasteiger partial charge in [-0.25, -0.2) is 0 Å². The van der Waals surface area contributed by atoms with Crippen LogP contribution in [0.1, 0.15) is 20.8 Å². The van der Waals surface area contributed by atoms with Crippen molar-refractivity contribution in [2.75, 3.05) is 6.61 Å². The molecular weight excluding hydrogens is 505 g/mol. The van der Waals surface area contributed by atoms with Crippen LogP contribution >= 0.6 is 34.8 Å². The number of esters is 3. The average Bonchev–Trinajstić information content (AvgIpc) is 2.70. The fourth-order valence-electron chi connectivity index (χ4n) is 2.93. The van der Waals surface area contributed by atoms with Gasteiger partial charge in [0.15, 0.2) is 12.2 Å². The molecule has 13 heteroatoms. The molecule has 182 valence electrons. The van der Waals surface area contributed by atoms with Crippen LogP contribution < -0.4 is 4.74 Å². The summed E-state index contributed by atoms with van der Waals surface area (Å²) in [5.74, 6) is -2.59. The monoisotopic (exact) mass is 525 g/mol. The molecule has 1 aromatic rings. The van der Waals surface area contributed by atoms with E-state index >= 15 is 0 Å². The van der Waals surface area contributed by atoms with Gasteiger partial charge in [-0.05, 0) is 12.1 Å². The number of hydrogen-bond acceptors (Lipinski definition) is 10. The third kappa shape index (κ3) is 8.22. The van der Waals surface area contributed by atoms with Gasteiger partial charge < -0.3 is 28.4 Å². The predicted octanol–water partition coefficient (Wildman–Crippen LogP) is 2.95. The normalized spacial score (nSPS) is 24.8. The topological polar surface area (TPSA) is 130 Å². The maximum atomic E-state index is 11.9. The number of carbonyl (C=O) groups is 3. The van der Waals surface area contributed by atoms with Crippen LogP contribution in [0.3, 0.4) is 0 Å². The van der Waals surface area contributed by atoms with Crippen molar-refractivity contribution in [2.24, 2.45) is 0 Å². The van der Waals surface area contributed by atoms with Gasteiger partial charge in [0, 0.05) is 20.8 Å². The SMILES string of the molecule is CC(=O)OCC1O[C@H](OC(=N)C(Cl)(Cl)Cl)C(Oc2ccccc2)[C@@H](OC(C)=O)[C@H]1OC(C)=O. The number of hydrogen-bond donors (Lipinski definition) is 1. The summed E-state index contributed by atoms with van der Waals surface area (Å²) in [6.45, 7) is 3.05. The molecule has 1 fully saturated rings. The minimum Gasteiger partial charge on any atom is -0.480 e. The van der Waals surface area contributed by atoms with Crippen LogP contribution in [-0.4, -0.2) is 64.9 Å². The average molecular weight is 527 g/mol. The second kappa shape index (κ2) is 11.7. The summed E-state index contributed by atoms with van der Waals surface area (Å²) in [5, 5.41) is 7.92. The van der Waals surface area contributed by atoms with E-state index in [1.54, 1.807) is 30.3 Å². The second-order valence-electron chi connectivity index (χ2n) is 6.83. The van der Waals surface area contributed by atoms with Crippen molar-refractivity contribution in [2.45, 2.75) is 55.3 Å².